The Morgan fingerprint density at radius 2 is 0.607 bits per heavy atom. The van der Waals surface area contributed by atoms with Gasteiger partial charge in [-0.3, -0.25) is 0 Å². The van der Waals surface area contributed by atoms with Crippen molar-refractivity contribution in [1.29, 1.82) is 0 Å². The summed E-state index contributed by atoms with van der Waals surface area (Å²) in [6, 6.07) is 24.9. The van der Waals surface area contributed by atoms with E-state index in [4.69, 9.17) is 15.3 Å². The zero-order chi connectivity index (χ0) is 20.1. The molecule has 3 rings (SSSR count). The molecule has 0 bridgehead atoms. The van der Waals surface area contributed by atoms with Crippen LogP contribution >= 0.6 is 0 Å². The van der Waals surface area contributed by atoms with Crippen LogP contribution in [0.1, 0.15) is 31.1 Å². The molecule has 7 heteroatoms. The molecule has 3 aromatic rings. The SMILES string of the molecule is O=C(O)c1ccccc1.O=C(O)c1ccccc1.O=C(O)c1ccccc1.[Er]. The van der Waals surface area contributed by atoms with Gasteiger partial charge in [0.15, 0.2) is 0 Å². The van der Waals surface area contributed by atoms with E-state index in [1.54, 1.807) is 91.0 Å². The summed E-state index contributed by atoms with van der Waals surface area (Å²) in [4.78, 5) is 30.6. The second-order valence-corrected chi connectivity index (χ2v) is 5.01. The van der Waals surface area contributed by atoms with Crippen LogP contribution in [0.15, 0.2) is 91.0 Å². The van der Waals surface area contributed by atoms with Crippen LogP contribution < -0.4 is 0 Å². The van der Waals surface area contributed by atoms with Gasteiger partial charge in [0.2, 0.25) is 0 Å². The number of benzene rings is 3. The standard InChI is InChI=1S/3C7H6O2.Er/c3*8-7(9)6-4-2-1-3-5-6;/h3*1-5H,(H,8,9);. The fourth-order valence-corrected chi connectivity index (χ4v) is 1.74. The molecular formula is C21H18ErO6. The fraction of sp³-hybridized carbons (Fsp3) is 0. The predicted octanol–water partition coefficient (Wildman–Crippen LogP) is 4.15. The molecule has 3 N–H and O–H groups in total. The Kier molecular flexibility index (Phi) is 13.0. The number of carbonyl (C=O) groups is 3. The summed E-state index contributed by atoms with van der Waals surface area (Å²) < 4.78 is 0. The minimum atomic E-state index is -0.879. The third-order valence-electron chi connectivity index (χ3n) is 3.06. The van der Waals surface area contributed by atoms with E-state index in [-0.39, 0.29) is 37.3 Å². The van der Waals surface area contributed by atoms with Crippen molar-refractivity contribution in [2.24, 2.45) is 0 Å². The first-order valence-corrected chi connectivity index (χ1v) is 7.77. The van der Waals surface area contributed by atoms with Gasteiger partial charge in [-0.15, -0.1) is 0 Å². The Hall–Kier alpha value is -2.68. The summed E-state index contributed by atoms with van der Waals surface area (Å²) in [5, 5.41) is 25.2. The maximum atomic E-state index is 10.2. The second-order valence-electron chi connectivity index (χ2n) is 5.01. The van der Waals surface area contributed by atoms with E-state index in [0.29, 0.717) is 16.7 Å². The molecule has 3 aromatic carbocycles. The normalized spacial score (nSPS) is 8.57. The predicted molar refractivity (Wildman–Crippen MR) is 100 cm³/mol. The van der Waals surface area contributed by atoms with Gasteiger partial charge in [0.1, 0.15) is 0 Å². The van der Waals surface area contributed by atoms with Crippen molar-refractivity contribution in [2.45, 2.75) is 0 Å². The number of hydrogen-bond donors (Lipinski definition) is 3. The number of carboxylic acids is 3. The molecule has 0 spiro atoms. The summed E-state index contributed by atoms with van der Waals surface area (Å²) in [5.74, 6) is -2.64. The van der Waals surface area contributed by atoms with Crippen LogP contribution in [0, 0.1) is 37.3 Å². The van der Waals surface area contributed by atoms with Crippen molar-refractivity contribution in [3.63, 3.8) is 0 Å². The van der Waals surface area contributed by atoms with Gasteiger partial charge in [0.25, 0.3) is 0 Å². The van der Waals surface area contributed by atoms with Crippen LogP contribution in [0.3, 0.4) is 0 Å². The van der Waals surface area contributed by atoms with Crippen LogP contribution in [-0.4, -0.2) is 33.2 Å². The number of rotatable bonds is 3. The Morgan fingerprint density at radius 3 is 0.714 bits per heavy atom. The first-order valence-electron chi connectivity index (χ1n) is 7.77. The van der Waals surface area contributed by atoms with E-state index in [1.807, 2.05) is 0 Å². The molecule has 0 fully saturated rings. The molecule has 150 valence electrons. The molecule has 0 aliphatic carbocycles. The van der Waals surface area contributed by atoms with E-state index in [9.17, 15) is 14.4 Å². The molecule has 0 heterocycles. The van der Waals surface area contributed by atoms with Crippen LogP contribution in [0.5, 0.6) is 0 Å². The van der Waals surface area contributed by atoms with Crippen molar-refractivity contribution in [3.8, 4) is 0 Å². The average Bonchev–Trinajstić information content (AvgIpc) is 2.71. The van der Waals surface area contributed by atoms with E-state index < -0.39 is 17.9 Å². The molecule has 0 unspecified atom stereocenters. The molecule has 0 saturated heterocycles. The molecule has 28 heavy (non-hydrogen) atoms. The van der Waals surface area contributed by atoms with E-state index >= 15 is 0 Å². The molecule has 0 aromatic heterocycles. The maximum Gasteiger partial charge on any atom is 0.335 e. The number of hydrogen-bond acceptors (Lipinski definition) is 3. The average molecular weight is 534 g/mol. The first-order chi connectivity index (χ1) is 12.9. The second kappa shape index (κ2) is 14.4. The van der Waals surface area contributed by atoms with Gasteiger partial charge in [-0.05, 0) is 36.4 Å². The summed E-state index contributed by atoms with van der Waals surface area (Å²) in [6.07, 6.45) is 0. The van der Waals surface area contributed by atoms with Crippen molar-refractivity contribution in [1.82, 2.24) is 0 Å². The molecule has 0 saturated carbocycles. The van der Waals surface area contributed by atoms with Gasteiger partial charge in [-0.2, -0.15) is 0 Å². The third kappa shape index (κ3) is 10.5. The van der Waals surface area contributed by atoms with Gasteiger partial charge < -0.3 is 15.3 Å². The van der Waals surface area contributed by atoms with Crippen molar-refractivity contribution < 1.29 is 67.0 Å². The molecule has 0 aliphatic rings. The van der Waals surface area contributed by atoms with E-state index in [0.717, 1.165) is 0 Å². The zero-order valence-electron chi connectivity index (χ0n) is 14.5. The first kappa shape index (κ1) is 25.3. The van der Waals surface area contributed by atoms with Gasteiger partial charge in [-0.25, -0.2) is 14.4 Å². The maximum absolute atomic E-state index is 10.2. The van der Waals surface area contributed by atoms with Gasteiger partial charge in [0, 0.05) is 37.3 Å². The molecule has 0 radical (unpaired) electrons. The summed E-state index contributed by atoms with van der Waals surface area (Å²) in [6.45, 7) is 0. The zero-order valence-corrected chi connectivity index (χ0v) is 16.4. The van der Waals surface area contributed by atoms with E-state index in [2.05, 4.69) is 0 Å². The van der Waals surface area contributed by atoms with Gasteiger partial charge in [0.05, 0.1) is 16.7 Å². The fourth-order valence-electron chi connectivity index (χ4n) is 1.74. The molecule has 0 amide bonds. The van der Waals surface area contributed by atoms with Crippen LogP contribution in [0.25, 0.3) is 0 Å². The molecule has 0 atom stereocenters. The smallest absolute Gasteiger partial charge is 0.335 e. The van der Waals surface area contributed by atoms with Crippen LogP contribution in [-0.2, 0) is 0 Å². The van der Waals surface area contributed by atoms with Gasteiger partial charge in [-0.1, -0.05) is 54.6 Å². The van der Waals surface area contributed by atoms with Crippen molar-refractivity contribution >= 4 is 17.9 Å². The largest absolute Gasteiger partial charge is 0.478 e. The Balaban J connectivity index is 0.000000384. The Bertz CT molecular complexity index is 734. The monoisotopic (exact) mass is 532 g/mol. The van der Waals surface area contributed by atoms with Crippen molar-refractivity contribution in [2.75, 3.05) is 0 Å². The molecular weight excluding hydrogens is 515 g/mol. The summed E-state index contributed by atoms with van der Waals surface area (Å²) in [7, 11) is 0. The van der Waals surface area contributed by atoms with Crippen LogP contribution in [0.2, 0.25) is 0 Å². The summed E-state index contributed by atoms with van der Waals surface area (Å²) in [5.41, 5.74) is 0.993. The molecule has 6 nitrogen and oxygen atoms in total. The quantitative estimate of drug-likeness (QED) is 0.466. The molecule has 0 aliphatic heterocycles. The van der Waals surface area contributed by atoms with Crippen LogP contribution in [0.4, 0.5) is 0 Å². The number of aromatic carboxylic acids is 3. The Labute approximate surface area is 191 Å². The Morgan fingerprint density at radius 1 is 0.429 bits per heavy atom. The van der Waals surface area contributed by atoms with Crippen molar-refractivity contribution in [3.05, 3.63) is 108 Å². The minimum absolute atomic E-state index is 0. The van der Waals surface area contributed by atoms with E-state index in [1.165, 1.54) is 0 Å². The minimum Gasteiger partial charge on any atom is -0.478 e. The number of carboxylic acid groups (broad SMARTS) is 3. The third-order valence-corrected chi connectivity index (χ3v) is 3.06. The summed E-state index contributed by atoms with van der Waals surface area (Å²) >= 11 is 0. The topological polar surface area (TPSA) is 112 Å². The van der Waals surface area contributed by atoms with Gasteiger partial charge >= 0.3 is 17.9 Å².